The minimum Gasteiger partial charge on any atom is -0.462 e. The topological polar surface area (TPSA) is 78.9 Å². The van der Waals surface area contributed by atoms with Crippen LogP contribution in [0.15, 0.2) is 72.9 Å². The number of ether oxygens (including phenoxy) is 3. The minimum absolute atomic E-state index is 0.0853. The van der Waals surface area contributed by atoms with E-state index >= 15 is 0 Å². The molecule has 0 aromatic rings. The third-order valence-electron chi connectivity index (χ3n) is 10.7. The minimum atomic E-state index is -0.784. The van der Waals surface area contributed by atoms with Crippen LogP contribution in [0.5, 0.6) is 0 Å². The lowest BCUT2D eigenvalue weighted by Crippen LogP contribution is -2.30. The Morgan fingerprint density at radius 1 is 0.344 bits per heavy atom. The van der Waals surface area contributed by atoms with E-state index in [1.165, 1.54) is 77.0 Å². The quantitative estimate of drug-likeness (QED) is 0.0263. The van der Waals surface area contributed by atoms with Crippen molar-refractivity contribution in [3.05, 3.63) is 72.9 Å². The van der Waals surface area contributed by atoms with E-state index in [2.05, 4.69) is 93.7 Å². The molecule has 0 saturated heterocycles. The van der Waals surface area contributed by atoms with Crippen LogP contribution < -0.4 is 0 Å². The van der Waals surface area contributed by atoms with E-state index in [0.717, 1.165) is 122 Å². The second-order valence-corrected chi connectivity index (χ2v) is 16.7. The number of hydrogen-bond acceptors (Lipinski definition) is 6. The van der Waals surface area contributed by atoms with Gasteiger partial charge in [-0.25, -0.2) is 0 Å². The summed E-state index contributed by atoms with van der Waals surface area (Å²) in [5.74, 6) is -0.923. The highest BCUT2D eigenvalue weighted by Crippen LogP contribution is 2.13. The first-order valence-corrected chi connectivity index (χ1v) is 25.4. The number of carbonyl (C=O) groups excluding carboxylic acids is 3. The molecule has 6 heteroatoms. The van der Waals surface area contributed by atoms with Gasteiger partial charge in [-0.3, -0.25) is 14.4 Å². The smallest absolute Gasteiger partial charge is 0.306 e. The lowest BCUT2D eigenvalue weighted by Gasteiger charge is -2.18. The maximum absolute atomic E-state index is 12.7. The molecule has 350 valence electrons. The van der Waals surface area contributed by atoms with Crippen molar-refractivity contribution >= 4 is 17.9 Å². The predicted molar refractivity (Wildman–Crippen MR) is 261 cm³/mol. The summed E-state index contributed by atoms with van der Waals surface area (Å²) in [6.07, 6.45) is 61.9. The number of unbranched alkanes of at least 4 members (excludes halogenated alkanes) is 22. The van der Waals surface area contributed by atoms with E-state index in [-0.39, 0.29) is 31.1 Å². The molecule has 0 fully saturated rings. The Morgan fingerprint density at radius 3 is 1.02 bits per heavy atom. The summed E-state index contributed by atoms with van der Waals surface area (Å²) in [4.78, 5) is 37.7. The van der Waals surface area contributed by atoms with Gasteiger partial charge in [0.15, 0.2) is 6.10 Å². The predicted octanol–water partition coefficient (Wildman–Crippen LogP) is 16.6. The molecule has 6 nitrogen and oxygen atoms in total. The van der Waals surface area contributed by atoms with E-state index in [1.54, 1.807) is 0 Å². The molecule has 1 atom stereocenters. The fourth-order valence-electron chi connectivity index (χ4n) is 6.87. The van der Waals surface area contributed by atoms with Gasteiger partial charge in [-0.2, -0.15) is 0 Å². The van der Waals surface area contributed by atoms with Gasteiger partial charge in [0.2, 0.25) is 0 Å². The molecule has 61 heavy (non-hydrogen) atoms. The van der Waals surface area contributed by atoms with Gasteiger partial charge >= 0.3 is 17.9 Å². The Kier molecular flexibility index (Phi) is 46.9. The van der Waals surface area contributed by atoms with Crippen LogP contribution in [0, 0.1) is 0 Å². The second kappa shape index (κ2) is 49.5. The number of hydrogen-bond donors (Lipinski definition) is 0. The molecule has 0 aromatic heterocycles. The standard InChI is InChI=1S/C55H94O6/c1-4-7-10-13-16-18-20-22-24-26-27-28-29-30-32-33-35-37-39-42-45-48-54(57)60-51-52(50-59-53(56)47-44-41-15-12-9-6-3)61-55(58)49-46-43-40-38-36-34-31-25-23-21-19-17-14-11-8-5-2/h7,10,16,18,22,24-25,27-28,30-32,52H,4-6,8-9,11-15,17,19-21,23,26,29,33-51H2,1-3H3/b10-7-,18-16-,24-22-,28-27-,31-25-,32-30-. The van der Waals surface area contributed by atoms with Gasteiger partial charge in [-0.1, -0.05) is 203 Å². The van der Waals surface area contributed by atoms with Crippen LogP contribution in [0.25, 0.3) is 0 Å². The normalized spacial score (nSPS) is 12.6. The van der Waals surface area contributed by atoms with Crippen molar-refractivity contribution in [3.8, 4) is 0 Å². The Morgan fingerprint density at radius 2 is 0.639 bits per heavy atom. The van der Waals surface area contributed by atoms with Crippen molar-refractivity contribution in [2.45, 2.75) is 245 Å². The van der Waals surface area contributed by atoms with E-state index in [9.17, 15) is 14.4 Å². The average Bonchev–Trinajstić information content (AvgIpc) is 3.26. The summed E-state index contributed by atoms with van der Waals surface area (Å²) in [6, 6.07) is 0. The lowest BCUT2D eigenvalue weighted by molar-refractivity contribution is -0.167. The average molecular weight is 851 g/mol. The van der Waals surface area contributed by atoms with E-state index in [4.69, 9.17) is 14.2 Å². The van der Waals surface area contributed by atoms with Crippen LogP contribution in [0.1, 0.15) is 239 Å². The van der Waals surface area contributed by atoms with Crippen molar-refractivity contribution < 1.29 is 28.6 Å². The Labute approximate surface area is 376 Å². The molecule has 0 amide bonds. The molecular weight excluding hydrogens is 757 g/mol. The van der Waals surface area contributed by atoms with E-state index in [0.29, 0.717) is 19.3 Å². The molecule has 0 aromatic carbocycles. The van der Waals surface area contributed by atoms with Gasteiger partial charge in [-0.15, -0.1) is 0 Å². The lowest BCUT2D eigenvalue weighted by atomic mass is 10.1. The monoisotopic (exact) mass is 851 g/mol. The van der Waals surface area contributed by atoms with Crippen LogP contribution in [0.3, 0.4) is 0 Å². The Bertz CT molecular complexity index is 1160. The van der Waals surface area contributed by atoms with Crippen LogP contribution in [-0.4, -0.2) is 37.2 Å². The van der Waals surface area contributed by atoms with Gasteiger partial charge in [-0.05, 0) is 89.9 Å². The van der Waals surface area contributed by atoms with Gasteiger partial charge in [0, 0.05) is 19.3 Å². The van der Waals surface area contributed by atoms with Crippen molar-refractivity contribution in [2.75, 3.05) is 13.2 Å². The summed E-state index contributed by atoms with van der Waals surface area (Å²) in [6.45, 7) is 6.44. The summed E-state index contributed by atoms with van der Waals surface area (Å²) < 4.78 is 16.7. The third-order valence-corrected chi connectivity index (χ3v) is 10.7. The zero-order valence-electron chi connectivity index (χ0n) is 39.9. The first kappa shape index (κ1) is 57.9. The highest BCUT2D eigenvalue weighted by molar-refractivity contribution is 5.71. The number of esters is 3. The molecule has 0 rings (SSSR count). The first-order valence-electron chi connectivity index (χ1n) is 25.4. The van der Waals surface area contributed by atoms with Gasteiger partial charge in [0.1, 0.15) is 13.2 Å². The number of carbonyl (C=O) groups is 3. The van der Waals surface area contributed by atoms with E-state index in [1.807, 2.05) is 0 Å². The van der Waals surface area contributed by atoms with Gasteiger partial charge in [0.25, 0.3) is 0 Å². The van der Waals surface area contributed by atoms with Crippen molar-refractivity contribution in [1.29, 1.82) is 0 Å². The summed E-state index contributed by atoms with van der Waals surface area (Å²) in [5.41, 5.74) is 0. The maximum Gasteiger partial charge on any atom is 0.306 e. The number of allylic oxidation sites excluding steroid dienone is 12. The Balaban J connectivity index is 4.27. The van der Waals surface area contributed by atoms with Crippen LogP contribution in [0.4, 0.5) is 0 Å². The van der Waals surface area contributed by atoms with Crippen LogP contribution in [-0.2, 0) is 28.6 Å². The largest absolute Gasteiger partial charge is 0.462 e. The fourth-order valence-corrected chi connectivity index (χ4v) is 6.87. The SMILES string of the molecule is CC/C=C\C/C=C\C/C=C\C/C=C\C/C=C\CCCCCCCC(=O)OCC(COC(=O)CCCCCCCC)OC(=O)CCCCCCC/C=C\CCCCCCCCC. The molecule has 0 saturated carbocycles. The van der Waals surface area contributed by atoms with Crippen molar-refractivity contribution in [2.24, 2.45) is 0 Å². The molecule has 1 unspecified atom stereocenters. The zero-order chi connectivity index (χ0) is 44.4. The molecule has 0 N–H and O–H groups in total. The summed E-state index contributed by atoms with van der Waals surface area (Å²) >= 11 is 0. The molecule has 0 bridgehead atoms. The maximum atomic E-state index is 12.7. The van der Waals surface area contributed by atoms with Gasteiger partial charge < -0.3 is 14.2 Å². The van der Waals surface area contributed by atoms with Crippen molar-refractivity contribution in [3.63, 3.8) is 0 Å². The second-order valence-electron chi connectivity index (χ2n) is 16.7. The molecule has 0 aliphatic heterocycles. The zero-order valence-corrected chi connectivity index (χ0v) is 39.9. The van der Waals surface area contributed by atoms with Crippen molar-refractivity contribution in [1.82, 2.24) is 0 Å². The molecule has 0 aliphatic carbocycles. The highest BCUT2D eigenvalue weighted by Gasteiger charge is 2.19. The van der Waals surface area contributed by atoms with Crippen LogP contribution >= 0.6 is 0 Å². The summed E-state index contributed by atoms with van der Waals surface area (Å²) in [5, 5.41) is 0. The third kappa shape index (κ3) is 47.7. The summed E-state index contributed by atoms with van der Waals surface area (Å²) in [7, 11) is 0. The first-order chi connectivity index (χ1) is 30.0. The van der Waals surface area contributed by atoms with E-state index < -0.39 is 6.10 Å². The highest BCUT2D eigenvalue weighted by atomic mass is 16.6. The molecule has 0 radical (unpaired) electrons. The molecule has 0 heterocycles. The number of rotatable bonds is 45. The fraction of sp³-hybridized carbons (Fsp3) is 0.727. The molecule has 0 aliphatic rings. The van der Waals surface area contributed by atoms with Crippen LogP contribution in [0.2, 0.25) is 0 Å². The molecule has 0 spiro atoms. The van der Waals surface area contributed by atoms with Gasteiger partial charge in [0.05, 0.1) is 0 Å². The Hall–Kier alpha value is -3.15. The molecular formula is C55H94O6.